The Labute approximate surface area is 80.1 Å². The van der Waals surface area contributed by atoms with Crippen molar-refractivity contribution in [2.75, 3.05) is 5.73 Å². The Kier molecular flexibility index (Phi) is 2.65. The topological polar surface area (TPSA) is 58.9 Å². The average molecular weight is 286 g/mol. The number of rotatable bonds is 1. The molecule has 3 nitrogen and oxygen atoms in total. The van der Waals surface area contributed by atoms with Crippen LogP contribution in [0.15, 0.2) is 11.0 Å². The van der Waals surface area contributed by atoms with Gasteiger partial charge in [-0.15, -0.1) is 0 Å². The molecule has 12 heavy (non-hydrogen) atoms. The lowest BCUT2D eigenvalue weighted by Gasteiger charge is -2.02. The summed E-state index contributed by atoms with van der Waals surface area (Å²) in [5.74, 6) is 0. The van der Waals surface area contributed by atoms with E-state index in [9.17, 15) is 13.6 Å². The number of anilines is 1. The van der Waals surface area contributed by atoms with Crippen molar-refractivity contribution in [1.29, 1.82) is 0 Å². The lowest BCUT2D eigenvalue weighted by Crippen LogP contribution is -2.16. The van der Waals surface area contributed by atoms with Crippen LogP contribution in [0.1, 0.15) is 12.0 Å². The fraction of sp³-hybridized carbons (Fsp3) is 0.167. The first-order valence-corrected chi connectivity index (χ1v) is 4.06. The van der Waals surface area contributed by atoms with E-state index in [0.29, 0.717) is 0 Å². The number of nitrogens with one attached hydrogen (secondary N) is 1. The number of aromatic amines is 1. The molecule has 0 radical (unpaired) electrons. The maximum Gasteiger partial charge on any atom is 0.270 e. The van der Waals surface area contributed by atoms with E-state index in [1.165, 1.54) is 6.20 Å². The van der Waals surface area contributed by atoms with Crippen molar-refractivity contribution in [1.82, 2.24) is 4.98 Å². The third kappa shape index (κ3) is 1.57. The van der Waals surface area contributed by atoms with Gasteiger partial charge >= 0.3 is 0 Å². The maximum atomic E-state index is 12.2. The summed E-state index contributed by atoms with van der Waals surface area (Å²) in [6.45, 7) is 0. The summed E-state index contributed by atoms with van der Waals surface area (Å²) >= 11 is 1.63. The molecule has 0 amide bonds. The summed E-state index contributed by atoms with van der Waals surface area (Å²) in [5.41, 5.74) is 3.60. The lowest BCUT2D eigenvalue weighted by molar-refractivity contribution is 0.148. The molecule has 6 heteroatoms. The molecule has 0 bridgehead atoms. The van der Waals surface area contributed by atoms with Crippen molar-refractivity contribution in [2.24, 2.45) is 0 Å². The minimum Gasteiger partial charge on any atom is -0.394 e. The van der Waals surface area contributed by atoms with E-state index in [1.54, 1.807) is 22.6 Å². The normalized spacial score (nSPS) is 10.7. The Morgan fingerprint density at radius 3 is 2.58 bits per heavy atom. The van der Waals surface area contributed by atoms with Gasteiger partial charge in [-0.3, -0.25) is 4.79 Å². The molecule has 0 atom stereocenters. The fourth-order valence-corrected chi connectivity index (χ4v) is 1.37. The minimum absolute atomic E-state index is 0.127. The molecular formula is C6H5F2IN2O. The van der Waals surface area contributed by atoms with Crippen molar-refractivity contribution in [3.8, 4) is 0 Å². The van der Waals surface area contributed by atoms with Crippen LogP contribution >= 0.6 is 22.6 Å². The third-order valence-electron chi connectivity index (χ3n) is 1.32. The number of nitrogens with two attached hydrogens (primary N) is 1. The van der Waals surface area contributed by atoms with Crippen molar-refractivity contribution in [2.45, 2.75) is 6.43 Å². The Morgan fingerprint density at radius 2 is 2.17 bits per heavy atom. The van der Waals surface area contributed by atoms with Gasteiger partial charge in [0.2, 0.25) is 5.43 Å². The number of nitrogen functional groups attached to an aromatic ring is 1. The van der Waals surface area contributed by atoms with E-state index in [4.69, 9.17) is 5.73 Å². The zero-order valence-corrected chi connectivity index (χ0v) is 7.93. The van der Waals surface area contributed by atoms with Gasteiger partial charge in [-0.25, -0.2) is 8.78 Å². The molecule has 0 aromatic carbocycles. The molecule has 0 aliphatic heterocycles. The first-order chi connectivity index (χ1) is 5.54. The molecule has 0 spiro atoms. The number of pyridine rings is 1. The standard InChI is InChI=1S/C6H5F2IN2O/c7-5(8)3-4(12)2(10)1-11-6(3)9/h1,5H,10H2,(H,11,12). The van der Waals surface area contributed by atoms with Crippen molar-refractivity contribution >= 4 is 28.3 Å². The number of aromatic nitrogens is 1. The molecule has 0 aliphatic carbocycles. The number of H-pyrrole nitrogens is 1. The molecular weight excluding hydrogens is 281 g/mol. The monoisotopic (exact) mass is 286 g/mol. The van der Waals surface area contributed by atoms with Gasteiger partial charge in [0.1, 0.15) is 0 Å². The predicted octanol–water partition coefficient (Wildman–Crippen LogP) is 1.50. The first kappa shape index (κ1) is 9.43. The maximum absolute atomic E-state index is 12.2. The minimum atomic E-state index is -2.79. The van der Waals surface area contributed by atoms with E-state index >= 15 is 0 Å². The fourth-order valence-electron chi connectivity index (χ4n) is 0.734. The highest BCUT2D eigenvalue weighted by molar-refractivity contribution is 14.1. The highest BCUT2D eigenvalue weighted by Gasteiger charge is 2.17. The molecule has 1 aromatic heterocycles. The Hall–Kier alpha value is -0.660. The molecule has 1 aromatic rings. The van der Waals surface area contributed by atoms with Crippen LogP contribution in [-0.4, -0.2) is 4.98 Å². The predicted molar refractivity (Wildman–Crippen MR) is 49.1 cm³/mol. The van der Waals surface area contributed by atoms with Crippen LogP contribution in [0, 0.1) is 3.70 Å². The number of hydrogen-bond acceptors (Lipinski definition) is 2. The van der Waals surface area contributed by atoms with Gasteiger partial charge in [-0.05, 0) is 22.6 Å². The van der Waals surface area contributed by atoms with Crippen LogP contribution in [0.4, 0.5) is 14.5 Å². The largest absolute Gasteiger partial charge is 0.394 e. The summed E-state index contributed by atoms with van der Waals surface area (Å²) in [7, 11) is 0. The van der Waals surface area contributed by atoms with E-state index in [0.717, 1.165) is 0 Å². The zero-order valence-electron chi connectivity index (χ0n) is 5.77. The van der Waals surface area contributed by atoms with Crippen molar-refractivity contribution in [3.05, 3.63) is 25.7 Å². The molecule has 0 aliphatic rings. The second kappa shape index (κ2) is 3.38. The van der Waals surface area contributed by atoms with Crippen LogP contribution in [-0.2, 0) is 0 Å². The number of hydrogen-bond donors (Lipinski definition) is 2. The van der Waals surface area contributed by atoms with Gasteiger partial charge in [0, 0.05) is 6.20 Å². The van der Waals surface area contributed by atoms with Gasteiger partial charge in [-0.2, -0.15) is 0 Å². The highest BCUT2D eigenvalue weighted by atomic mass is 127. The second-order valence-electron chi connectivity index (χ2n) is 2.10. The van der Waals surface area contributed by atoms with Gasteiger partial charge in [0.25, 0.3) is 6.43 Å². The summed E-state index contributed by atoms with van der Waals surface area (Å²) in [5, 5.41) is 0. The molecule has 0 saturated carbocycles. The molecule has 0 fully saturated rings. The number of halogens is 3. The summed E-state index contributed by atoms with van der Waals surface area (Å²) in [6.07, 6.45) is -1.58. The molecule has 0 saturated heterocycles. The smallest absolute Gasteiger partial charge is 0.270 e. The van der Waals surface area contributed by atoms with Gasteiger partial charge in [0.15, 0.2) is 0 Å². The quantitative estimate of drug-likeness (QED) is 0.607. The Morgan fingerprint density at radius 1 is 1.58 bits per heavy atom. The van der Waals surface area contributed by atoms with Crippen LogP contribution in [0.2, 0.25) is 0 Å². The van der Waals surface area contributed by atoms with Gasteiger partial charge in [-0.1, -0.05) is 0 Å². The lowest BCUT2D eigenvalue weighted by atomic mass is 10.2. The zero-order chi connectivity index (χ0) is 9.30. The van der Waals surface area contributed by atoms with Crippen LogP contribution in [0.5, 0.6) is 0 Å². The highest BCUT2D eigenvalue weighted by Crippen LogP contribution is 2.19. The molecule has 0 unspecified atom stereocenters. The van der Waals surface area contributed by atoms with E-state index < -0.39 is 17.4 Å². The number of alkyl halides is 2. The van der Waals surface area contributed by atoms with Crippen LogP contribution in [0.25, 0.3) is 0 Å². The van der Waals surface area contributed by atoms with E-state index in [1.807, 2.05) is 0 Å². The molecule has 3 N–H and O–H groups in total. The Balaban J connectivity index is 3.44. The first-order valence-electron chi connectivity index (χ1n) is 2.98. The van der Waals surface area contributed by atoms with Gasteiger partial charge in [0.05, 0.1) is 15.0 Å². The second-order valence-corrected chi connectivity index (χ2v) is 3.18. The van der Waals surface area contributed by atoms with E-state index in [-0.39, 0.29) is 9.39 Å². The van der Waals surface area contributed by atoms with Crippen molar-refractivity contribution in [3.63, 3.8) is 0 Å². The molecule has 66 valence electrons. The average Bonchev–Trinajstić information content (AvgIpc) is 1.97. The molecule has 1 rings (SSSR count). The van der Waals surface area contributed by atoms with Crippen molar-refractivity contribution < 1.29 is 8.78 Å². The summed E-state index contributed by atoms with van der Waals surface area (Å²) in [6, 6.07) is 0. The Bertz CT molecular complexity index is 350. The summed E-state index contributed by atoms with van der Waals surface area (Å²) in [4.78, 5) is 13.5. The van der Waals surface area contributed by atoms with Crippen LogP contribution < -0.4 is 11.2 Å². The van der Waals surface area contributed by atoms with Crippen LogP contribution in [0.3, 0.4) is 0 Å². The SMILES string of the molecule is Nc1c[nH]c(I)c(C(F)F)c1=O. The summed E-state index contributed by atoms with van der Waals surface area (Å²) < 4.78 is 24.5. The molecule has 1 heterocycles. The van der Waals surface area contributed by atoms with E-state index in [2.05, 4.69) is 4.98 Å². The third-order valence-corrected chi connectivity index (χ3v) is 2.21. The van der Waals surface area contributed by atoms with Gasteiger partial charge < -0.3 is 10.7 Å².